The quantitative estimate of drug-likeness (QED) is 0.818. The van der Waals surface area contributed by atoms with Gasteiger partial charge < -0.3 is 16.0 Å². The van der Waals surface area contributed by atoms with Gasteiger partial charge >= 0.3 is 0 Å². The highest BCUT2D eigenvalue weighted by atomic mass is 32.1. The Labute approximate surface area is 126 Å². The van der Waals surface area contributed by atoms with Crippen molar-refractivity contribution < 1.29 is 0 Å². The maximum absolute atomic E-state index is 5.50. The van der Waals surface area contributed by atoms with Crippen LogP contribution in [0.1, 0.15) is 38.5 Å². The summed E-state index contributed by atoms with van der Waals surface area (Å²) in [6.07, 6.45) is 8.33. The Morgan fingerprint density at radius 1 is 1.10 bits per heavy atom. The van der Waals surface area contributed by atoms with Crippen LogP contribution in [-0.2, 0) is 0 Å². The third kappa shape index (κ3) is 2.90. The van der Waals surface area contributed by atoms with Gasteiger partial charge in [-0.3, -0.25) is 0 Å². The van der Waals surface area contributed by atoms with Gasteiger partial charge in [0.25, 0.3) is 0 Å². The molecule has 1 aromatic carbocycles. The lowest BCUT2D eigenvalue weighted by atomic mass is 9.78. The first-order valence-electron chi connectivity index (χ1n) is 7.67. The Hall–Kier alpha value is -1.29. The molecule has 0 radical (unpaired) electrons. The summed E-state index contributed by atoms with van der Waals surface area (Å²) in [4.78, 5) is 2.62. The molecule has 0 spiro atoms. The average Bonchev–Trinajstić information content (AvgIpc) is 2.47. The van der Waals surface area contributed by atoms with Crippen LogP contribution in [0.3, 0.4) is 0 Å². The Bertz CT molecular complexity index is 469. The number of benzene rings is 1. The van der Waals surface area contributed by atoms with E-state index < -0.39 is 0 Å². The second-order valence-corrected chi connectivity index (χ2v) is 6.42. The first-order valence-corrected chi connectivity index (χ1v) is 8.08. The number of thiocarbonyl (C=S) groups is 1. The number of fused-ring (bicyclic) bond motifs is 1. The van der Waals surface area contributed by atoms with Gasteiger partial charge in [0.05, 0.1) is 0 Å². The zero-order valence-electron chi connectivity index (χ0n) is 11.8. The van der Waals surface area contributed by atoms with Gasteiger partial charge in [-0.1, -0.05) is 12.8 Å². The lowest BCUT2D eigenvalue weighted by Gasteiger charge is -2.45. The molecule has 3 N–H and O–H groups in total. The molecule has 0 bridgehead atoms. The lowest BCUT2D eigenvalue weighted by molar-refractivity contribution is 0.244. The number of nitrogens with one attached hydrogen (secondary N) is 1. The largest absolute Gasteiger partial charge is 0.376 e. The van der Waals surface area contributed by atoms with Gasteiger partial charge in [-0.15, -0.1) is 0 Å². The van der Waals surface area contributed by atoms with Gasteiger partial charge in [0.15, 0.2) is 5.11 Å². The lowest BCUT2D eigenvalue weighted by Crippen LogP contribution is -2.46. The van der Waals surface area contributed by atoms with Crippen LogP contribution in [0.2, 0.25) is 0 Å². The van der Waals surface area contributed by atoms with E-state index in [-0.39, 0.29) is 0 Å². The summed E-state index contributed by atoms with van der Waals surface area (Å²) in [5, 5.41) is 3.30. The summed E-state index contributed by atoms with van der Waals surface area (Å²) >= 11 is 4.87. The van der Waals surface area contributed by atoms with Gasteiger partial charge in [0, 0.05) is 24.0 Å². The molecule has 2 atom stereocenters. The molecule has 1 saturated heterocycles. The molecule has 0 amide bonds. The van der Waals surface area contributed by atoms with Crippen molar-refractivity contribution in [1.82, 2.24) is 0 Å². The maximum Gasteiger partial charge on any atom is 0.168 e. The zero-order valence-corrected chi connectivity index (χ0v) is 12.7. The highest BCUT2D eigenvalue weighted by Gasteiger charge is 2.33. The number of piperidine rings is 1. The molecule has 2 unspecified atom stereocenters. The zero-order chi connectivity index (χ0) is 13.9. The predicted molar refractivity (Wildman–Crippen MR) is 89.2 cm³/mol. The van der Waals surface area contributed by atoms with E-state index in [1.54, 1.807) is 0 Å². The van der Waals surface area contributed by atoms with E-state index in [2.05, 4.69) is 34.5 Å². The van der Waals surface area contributed by atoms with E-state index in [0.29, 0.717) is 5.11 Å². The van der Waals surface area contributed by atoms with Crippen molar-refractivity contribution in [3.05, 3.63) is 24.3 Å². The summed E-state index contributed by atoms with van der Waals surface area (Å²) in [5.41, 5.74) is 7.82. The number of hydrogen-bond donors (Lipinski definition) is 2. The third-order valence-electron chi connectivity index (χ3n) is 4.71. The van der Waals surface area contributed by atoms with Gasteiger partial charge in [-0.05, 0) is 68.1 Å². The van der Waals surface area contributed by atoms with E-state index in [1.807, 2.05) is 0 Å². The van der Waals surface area contributed by atoms with Crippen LogP contribution >= 0.6 is 12.2 Å². The molecular formula is C16H23N3S. The molecule has 2 aliphatic rings. The topological polar surface area (TPSA) is 41.3 Å². The molecular weight excluding hydrogens is 266 g/mol. The number of nitrogens with two attached hydrogens (primary N) is 1. The number of anilines is 2. The van der Waals surface area contributed by atoms with Crippen molar-refractivity contribution in [2.45, 2.75) is 44.6 Å². The van der Waals surface area contributed by atoms with E-state index in [1.165, 1.54) is 50.8 Å². The van der Waals surface area contributed by atoms with E-state index in [4.69, 9.17) is 18.0 Å². The second-order valence-electron chi connectivity index (χ2n) is 5.98. The SMILES string of the molecule is NC(=S)Nc1ccc(N2CCCC3CCCCC32)cc1. The van der Waals surface area contributed by atoms with E-state index >= 15 is 0 Å². The predicted octanol–water partition coefficient (Wildman–Crippen LogP) is 3.50. The molecule has 1 heterocycles. The average molecular weight is 289 g/mol. The number of rotatable bonds is 2. The van der Waals surface area contributed by atoms with Crippen LogP contribution in [0.15, 0.2) is 24.3 Å². The Morgan fingerprint density at radius 2 is 1.80 bits per heavy atom. The fourth-order valence-electron chi connectivity index (χ4n) is 3.82. The summed E-state index contributed by atoms with van der Waals surface area (Å²) in [6.45, 7) is 1.20. The molecule has 3 rings (SSSR count). The van der Waals surface area contributed by atoms with Gasteiger partial charge in [-0.25, -0.2) is 0 Å². The van der Waals surface area contributed by atoms with E-state index in [9.17, 15) is 0 Å². The highest BCUT2D eigenvalue weighted by molar-refractivity contribution is 7.80. The van der Waals surface area contributed by atoms with Crippen molar-refractivity contribution in [2.24, 2.45) is 11.7 Å². The minimum absolute atomic E-state index is 0.322. The van der Waals surface area contributed by atoms with E-state index in [0.717, 1.165) is 17.6 Å². The van der Waals surface area contributed by atoms with Gasteiger partial charge in [0.2, 0.25) is 0 Å². The van der Waals surface area contributed by atoms with Gasteiger partial charge in [-0.2, -0.15) is 0 Å². The molecule has 2 fully saturated rings. The van der Waals surface area contributed by atoms with Crippen LogP contribution in [0.5, 0.6) is 0 Å². The summed E-state index contributed by atoms with van der Waals surface area (Å²) in [5.74, 6) is 0.909. The monoisotopic (exact) mass is 289 g/mol. The highest BCUT2D eigenvalue weighted by Crippen LogP contribution is 2.37. The smallest absolute Gasteiger partial charge is 0.168 e. The van der Waals surface area contributed by atoms with Crippen molar-refractivity contribution in [3.8, 4) is 0 Å². The minimum atomic E-state index is 0.322. The van der Waals surface area contributed by atoms with Crippen LogP contribution in [0.4, 0.5) is 11.4 Å². The fraction of sp³-hybridized carbons (Fsp3) is 0.562. The molecule has 1 aliphatic heterocycles. The molecule has 20 heavy (non-hydrogen) atoms. The fourth-order valence-corrected chi connectivity index (χ4v) is 3.94. The third-order valence-corrected chi connectivity index (χ3v) is 4.81. The Morgan fingerprint density at radius 3 is 2.55 bits per heavy atom. The molecule has 1 aliphatic carbocycles. The maximum atomic E-state index is 5.50. The van der Waals surface area contributed by atoms with Crippen molar-refractivity contribution >= 4 is 28.7 Å². The molecule has 1 saturated carbocycles. The van der Waals surface area contributed by atoms with Crippen molar-refractivity contribution in [3.63, 3.8) is 0 Å². The molecule has 0 aromatic heterocycles. The van der Waals surface area contributed by atoms with Crippen molar-refractivity contribution in [2.75, 3.05) is 16.8 Å². The van der Waals surface area contributed by atoms with Gasteiger partial charge in [0.1, 0.15) is 0 Å². The normalized spacial score (nSPS) is 25.9. The molecule has 1 aromatic rings. The van der Waals surface area contributed by atoms with Crippen LogP contribution in [0, 0.1) is 5.92 Å². The van der Waals surface area contributed by atoms with Crippen molar-refractivity contribution in [1.29, 1.82) is 0 Å². The summed E-state index contributed by atoms with van der Waals surface area (Å²) in [6, 6.07) is 9.28. The molecule has 3 nitrogen and oxygen atoms in total. The first-order chi connectivity index (χ1) is 9.74. The first kappa shape index (κ1) is 13.7. The number of hydrogen-bond acceptors (Lipinski definition) is 2. The second kappa shape index (κ2) is 6.00. The number of nitrogens with zero attached hydrogens (tertiary/aromatic N) is 1. The Balaban J connectivity index is 1.75. The van der Waals surface area contributed by atoms with Crippen LogP contribution < -0.4 is 16.0 Å². The summed E-state index contributed by atoms with van der Waals surface area (Å²) < 4.78 is 0. The standard InChI is InChI=1S/C16H23N3S/c17-16(20)18-13-7-9-14(10-8-13)19-11-3-5-12-4-1-2-6-15(12)19/h7-10,12,15H,1-6,11H2,(H3,17,18,20). The minimum Gasteiger partial charge on any atom is -0.376 e. The summed E-state index contributed by atoms with van der Waals surface area (Å²) in [7, 11) is 0. The molecule has 4 heteroatoms. The Kier molecular flexibility index (Phi) is 4.10. The van der Waals surface area contributed by atoms with Crippen LogP contribution in [-0.4, -0.2) is 17.7 Å². The van der Waals surface area contributed by atoms with Crippen LogP contribution in [0.25, 0.3) is 0 Å². The molecule has 108 valence electrons.